The lowest BCUT2D eigenvalue weighted by Crippen LogP contribution is -2.48. The molecule has 0 spiro atoms. The van der Waals surface area contributed by atoms with Crippen molar-refractivity contribution >= 4 is 53.6 Å². The number of aromatic nitrogens is 1. The summed E-state index contributed by atoms with van der Waals surface area (Å²) in [5.74, 6) is -3.11. The van der Waals surface area contributed by atoms with E-state index in [1.54, 1.807) is 27.7 Å². The van der Waals surface area contributed by atoms with Gasteiger partial charge in [0.05, 0.1) is 10.9 Å². The molecule has 16 heteroatoms. The van der Waals surface area contributed by atoms with E-state index in [1.165, 1.54) is 19.1 Å². The van der Waals surface area contributed by atoms with E-state index in [4.69, 9.17) is 21.5 Å². The maximum atomic E-state index is 13.9. The van der Waals surface area contributed by atoms with E-state index >= 15 is 0 Å². The lowest BCUT2D eigenvalue weighted by atomic mass is 9.87. The van der Waals surface area contributed by atoms with Crippen LogP contribution in [0.5, 0.6) is 0 Å². The van der Waals surface area contributed by atoms with Crippen molar-refractivity contribution < 1.29 is 41.1 Å². The number of aryl methyl sites for hydroxylation is 1. The summed E-state index contributed by atoms with van der Waals surface area (Å²) in [6.07, 6.45) is -3.97. The average Bonchev–Trinajstić information content (AvgIpc) is 3.14. The van der Waals surface area contributed by atoms with Crippen LogP contribution in [0.3, 0.4) is 0 Å². The number of alkyl halides is 3. The first-order chi connectivity index (χ1) is 26.1. The number of ketones is 1. The van der Waals surface area contributed by atoms with Crippen LogP contribution in [0, 0.1) is 6.92 Å². The maximum Gasteiger partial charge on any atom is 0.490 e. The quantitative estimate of drug-likeness (QED) is 0.155. The number of carboxylic acid groups (broad SMARTS) is 1. The Morgan fingerprint density at radius 2 is 1.39 bits per heavy atom. The van der Waals surface area contributed by atoms with E-state index < -0.39 is 22.0 Å². The maximum absolute atomic E-state index is 13.9. The minimum Gasteiger partial charge on any atom is -0.475 e. The molecule has 10 nitrogen and oxygen atoms in total. The Hall–Kier alpha value is -4.36. The molecule has 3 atom stereocenters. The van der Waals surface area contributed by atoms with Crippen molar-refractivity contribution in [3.63, 3.8) is 0 Å². The molecule has 1 aliphatic heterocycles. The molecule has 1 aromatic heterocycles. The number of benzene rings is 3. The summed E-state index contributed by atoms with van der Waals surface area (Å²) >= 11 is 6.13. The first-order valence-electron chi connectivity index (χ1n) is 17.5. The first-order valence-corrected chi connectivity index (χ1v) is 20.4. The summed E-state index contributed by atoms with van der Waals surface area (Å²) in [5.41, 5.74) is 3.31. The van der Waals surface area contributed by atoms with Gasteiger partial charge in [-0.2, -0.15) is 13.2 Å². The van der Waals surface area contributed by atoms with Crippen LogP contribution in [-0.4, -0.2) is 91.2 Å². The highest BCUT2D eigenvalue weighted by atomic mass is 35.5. The monoisotopic (exact) mass is 837 g/mol. The predicted octanol–water partition coefficient (Wildman–Crippen LogP) is 7.04. The summed E-state index contributed by atoms with van der Waals surface area (Å²) in [6.45, 7) is 12.3. The van der Waals surface area contributed by atoms with Crippen LogP contribution in [0.1, 0.15) is 77.2 Å². The molecule has 0 aliphatic carbocycles. The standard InChI is InChI=1S/C27H31ClN3O2P.C9H10O3S.C2HF3O2.C2H6/c1-18-4-13-24(26(32)30-16-14-29(3)15-17-30)27(33)31(18)25(21-7-11-23(34)12-8-21)19(2)20-5-9-22(28)10-6-20;1-7(10)8-4-3-5-9(6-8)13(2,11)12;3-2(4,5)1(6)7;1-2/h4-13,19,25H,14-17,34H2,1-3H3;3-6H,1-2H3;(H,6,7);1-2H3/t19?,25-;;;/m1.../s1. The van der Waals surface area contributed by atoms with Gasteiger partial charge in [0, 0.05) is 54.6 Å². The Balaban J connectivity index is 0.000000404. The van der Waals surface area contributed by atoms with Crippen LogP contribution >= 0.6 is 20.8 Å². The number of Topliss-reactive ketones (excluding diaryl/α,β-unsaturated/α-hetero) is 1. The number of sulfone groups is 1. The first kappa shape index (κ1) is 47.8. The van der Waals surface area contributed by atoms with Gasteiger partial charge in [-0.3, -0.25) is 14.4 Å². The van der Waals surface area contributed by atoms with Crippen molar-refractivity contribution in [3.8, 4) is 0 Å². The van der Waals surface area contributed by atoms with Crippen molar-refractivity contribution in [1.29, 1.82) is 0 Å². The number of aliphatic carboxylic acids is 1. The molecule has 4 aromatic rings. The molecule has 3 aromatic carbocycles. The van der Waals surface area contributed by atoms with E-state index in [0.717, 1.165) is 41.5 Å². The second kappa shape index (κ2) is 21.2. The number of hydrogen-bond donors (Lipinski definition) is 1. The Kier molecular flexibility index (Phi) is 18.1. The number of rotatable bonds is 7. The van der Waals surface area contributed by atoms with Gasteiger partial charge >= 0.3 is 12.1 Å². The third-order valence-electron chi connectivity index (χ3n) is 8.68. The van der Waals surface area contributed by atoms with E-state index in [0.29, 0.717) is 23.7 Å². The smallest absolute Gasteiger partial charge is 0.475 e. The van der Waals surface area contributed by atoms with E-state index in [-0.39, 0.29) is 39.7 Å². The number of carbonyl (C=O) groups excluding carboxylic acids is 2. The lowest BCUT2D eigenvalue weighted by Gasteiger charge is -2.33. The zero-order valence-corrected chi connectivity index (χ0v) is 35.0. The normalized spacial score (nSPS) is 14.0. The van der Waals surface area contributed by atoms with Crippen LogP contribution < -0.4 is 10.9 Å². The lowest BCUT2D eigenvalue weighted by molar-refractivity contribution is -0.192. The summed E-state index contributed by atoms with van der Waals surface area (Å²) in [6, 6.07) is 25.2. The topological polar surface area (TPSA) is 134 Å². The molecule has 0 saturated carbocycles. The number of hydrogen-bond acceptors (Lipinski definition) is 7. The van der Waals surface area contributed by atoms with E-state index in [1.807, 2.05) is 70.3 Å². The van der Waals surface area contributed by atoms with Gasteiger partial charge in [0.1, 0.15) is 5.56 Å². The minimum absolute atomic E-state index is 0.0296. The fourth-order valence-electron chi connectivity index (χ4n) is 5.58. The van der Waals surface area contributed by atoms with Gasteiger partial charge in [0.2, 0.25) is 0 Å². The zero-order valence-electron chi connectivity index (χ0n) is 32.3. The predicted molar refractivity (Wildman–Crippen MR) is 217 cm³/mol. The van der Waals surface area contributed by atoms with Gasteiger partial charge in [0.15, 0.2) is 15.6 Å². The third kappa shape index (κ3) is 13.7. The average molecular weight is 838 g/mol. The van der Waals surface area contributed by atoms with Crippen LogP contribution in [0.15, 0.2) is 94.6 Å². The highest BCUT2D eigenvalue weighted by molar-refractivity contribution is 7.90. The van der Waals surface area contributed by atoms with Gasteiger partial charge in [-0.1, -0.05) is 80.9 Å². The summed E-state index contributed by atoms with van der Waals surface area (Å²) < 4.78 is 55.7. The fourth-order valence-corrected chi connectivity index (χ4v) is 6.57. The molecule has 304 valence electrons. The number of nitrogens with zero attached hydrogens (tertiary/aromatic N) is 3. The van der Waals surface area contributed by atoms with Gasteiger partial charge in [-0.25, -0.2) is 13.2 Å². The van der Waals surface area contributed by atoms with Gasteiger partial charge in [0.25, 0.3) is 11.5 Å². The number of likely N-dealkylation sites (N-methyl/N-ethyl adjacent to an activating group) is 1. The molecule has 56 heavy (non-hydrogen) atoms. The molecule has 1 aliphatic rings. The molecule has 1 saturated heterocycles. The molecule has 1 N–H and O–H groups in total. The number of carboxylic acids is 1. The Morgan fingerprint density at radius 1 is 0.875 bits per heavy atom. The minimum atomic E-state index is -5.08. The molecule has 2 heterocycles. The molecular formula is C40H48ClF3N3O7PS. The fraction of sp³-hybridized carbons (Fsp3) is 0.350. The van der Waals surface area contributed by atoms with E-state index in [9.17, 15) is 36.0 Å². The van der Waals surface area contributed by atoms with Gasteiger partial charge in [-0.05, 0) is 73.7 Å². The summed E-state index contributed by atoms with van der Waals surface area (Å²) in [5, 5.41) is 8.87. The van der Waals surface area contributed by atoms with Gasteiger partial charge in [-0.15, -0.1) is 9.24 Å². The third-order valence-corrected chi connectivity index (χ3v) is 10.4. The zero-order chi connectivity index (χ0) is 42.5. The SMILES string of the molecule is CC.CC(=O)c1cccc(S(C)(=O)=O)c1.Cc1ccc(C(=O)N2CCN(C)CC2)c(=O)n1[C@@H](c1ccc(P)cc1)C(C)c1ccc(Cl)cc1.O=C(O)C(F)(F)F. The number of pyridine rings is 1. The van der Waals surface area contributed by atoms with Crippen molar-refractivity contribution in [2.24, 2.45) is 0 Å². The summed E-state index contributed by atoms with van der Waals surface area (Å²) in [7, 11) is 1.53. The highest BCUT2D eigenvalue weighted by Crippen LogP contribution is 2.35. The molecule has 1 fully saturated rings. The highest BCUT2D eigenvalue weighted by Gasteiger charge is 2.38. The number of piperazine rings is 1. The second-order valence-electron chi connectivity index (χ2n) is 12.8. The number of carbonyl (C=O) groups is 3. The Morgan fingerprint density at radius 3 is 1.88 bits per heavy atom. The molecule has 5 rings (SSSR count). The van der Waals surface area contributed by atoms with Crippen molar-refractivity contribution in [2.75, 3.05) is 39.5 Å². The largest absolute Gasteiger partial charge is 0.490 e. The van der Waals surface area contributed by atoms with E-state index in [2.05, 4.69) is 33.2 Å². The summed E-state index contributed by atoms with van der Waals surface area (Å²) in [4.78, 5) is 51.2. The van der Waals surface area contributed by atoms with Crippen LogP contribution in [0.2, 0.25) is 5.02 Å². The Bertz CT molecular complexity index is 2120. The van der Waals surface area contributed by atoms with Gasteiger partial charge < -0.3 is 19.5 Å². The molecule has 2 unspecified atom stereocenters. The van der Waals surface area contributed by atoms with Crippen LogP contribution in [0.25, 0.3) is 0 Å². The molecule has 0 radical (unpaired) electrons. The van der Waals surface area contributed by atoms with Crippen molar-refractivity contribution in [3.05, 3.63) is 128 Å². The Labute approximate surface area is 333 Å². The van der Waals surface area contributed by atoms with Crippen molar-refractivity contribution in [2.45, 2.75) is 57.7 Å². The molecular weight excluding hydrogens is 790 g/mol. The molecule has 0 bridgehead atoms. The second-order valence-corrected chi connectivity index (χ2v) is 15.9. The van der Waals surface area contributed by atoms with Crippen LogP contribution in [0.4, 0.5) is 13.2 Å². The molecule has 1 amide bonds. The number of halogens is 4. The number of amides is 1. The van der Waals surface area contributed by atoms with Crippen LogP contribution in [-0.2, 0) is 14.6 Å². The van der Waals surface area contributed by atoms with Crippen molar-refractivity contribution in [1.82, 2.24) is 14.4 Å².